The van der Waals surface area contributed by atoms with Crippen molar-refractivity contribution < 1.29 is 4.79 Å². The highest BCUT2D eigenvalue weighted by Gasteiger charge is 2.09. The molecule has 0 saturated heterocycles. The lowest BCUT2D eigenvalue weighted by Crippen LogP contribution is -2.17. The van der Waals surface area contributed by atoms with E-state index in [4.69, 9.17) is 11.6 Å². The largest absolute Gasteiger partial charge is 0.362 e. The first kappa shape index (κ1) is 15.5. The minimum atomic E-state index is -0.531. The van der Waals surface area contributed by atoms with Crippen molar-refractivity contribution in [1.82, 2.24) is 15.2 Å². The van der Waals surface area contributed by atoms with Crippen molar-refractivity contribution in [2.45, 2.75) is 18.9 Å². The minimum Gasteiger partial charge on any atom is -0.325 e. The van der Waals surface area contributed by atoms with Gasteiger partial charge in [-0.05, 0) is 37.6 Å². The topological polar surface area (TPSA) is 87.7 Å². The van der Waals surface area contributed by atoms with E-state index >= 15 is 0 Å². The van der Waals surface area contributed by atoms with Crippen LogP contribution in [0.15, 0.2) is 28.0 Å². The lowest BCUT2D eigenvalue weighted by atomic mass is 10.2. The average Bonchev–Trinajstić information content (AvgIpc) is 2.43. The Bertz CT molecular complexity index is 732. The molecule has 0 fully saturated rings. The Labute approximate surface area is 130 Å². The molecule has 0 spiro atoms. The van der Waals surface area contributed by atoms with Gasteiger partial charge < -0.3 is 5.32 Å². The standard InChI is InChI=1S/C13H13ClN4O2S/c1-7-5-9(14)3-4-10(7)15-11(19)6-21-12-8(2)17-18-13(20)16-12/h3-5H,6H2,1-2H3,(H,15,19)(H,16,18,20). The van der Waals surface area contributed by atoms with Gasteiger partial charge in [0.2, 0.25) is 5.91 Å². The number of hydrogen-bond donors (Lipinski definition) is 2. The number of nitrogens with one attached hydrogen (secondary N) is 2. The second kappa shape index (κ2) is 6.73. The molecule has 0 aliphatic rings. The van der Waals surface area contributed by atoms with Crippen LogP contribution in [0.1, 0.15) is 11.3 Å². The zero-order chi connectivity index (χ0) is 15.4. The zero-order valence-corrected chi connectivity index (χ0v) is 13.0. The van der Waals surface area contributed by atoms with E-state index in [0.29, 0.717) is 21.4 Å². The smallest absolute Gasteiger partial charge is 0.325 e. The molecule has 21 heavy (non-hydrogen) atoms. The maximum absolute atomic E-state index is 11.9. The van der Waals surface area contributed by atoms with E-state index in [1.807, 2.05) is 6.92 Å². The Morgan fingerprint density at radius 1 is 1.43 bits per heavy atom. The third-order valence-electron chi connectivity index (χ3n) is 2.63. The first-order valence-electron chi connectivity index (χ1n) is 6.08. The van der Waals surface area contributed by atoms with Crippen LogP contribution in [0.5, 0.6) is 0 Å². The molecule has 0 bridgehead atoms. The molecular formula is C13H13ClN4O2S. The van der Waals surface area contributed by atoms with E-state index in [2.05, 4.69) is 20.5 Å². The number of halogens is 1. The number of anilines is 1. The van der Waals surface area contributed by atoms with Crippen LogP contribution in [0.4, 0.5) is 5.69 Å². The van der Waals surface area contributed by atoms with Crippen molar-refractivity contribution in [3.63, 3.8) is 0 Å². The molecule has 1 aromatic heterocycles. The van der Waals surface area contributed by atoms with E-state index in [-0.39, 0.29) is 11.7 Å². The number of benzene rings is 1. The lowest BCUT2D eigenvalue weighted by Gasteiger charge is -2.08. The van der Waals surface area contributed by atoms with Crippen molar-refractivity contribution >= 4 is 35.0 Å². The molecule has 0 aliphatic carbocycles. The number of rotatable bonds is 4. The maximum atomic E-state index is 11.9. The van der Waals surface area contributed by atoms with Gasteiger partial charge in [0.05, 0.1) is 11.4 Å². The molecule has 8 heteroatoms. The van der Waals surface area contributed by atoms with Gasteiger partial charge in [-0.25, -0.2) is 9.89 Å². The third kappa shape index (κ3) is 4.30. The first-order chi connectivity index (χ1) is 9.95. The maximum Gasteiger partial charge on any atom is 0.362 e. The first-order valence-corrected chi connectivity index (χ1v) is 7.44. The second-order valence-corrected chi connectivity index (χ2v) is 5.73. The summed E-state index contributed by atoms with van der Waals surface area (Å²) in [6.45, 7) is 3.58. The summed E-state index contributed by atoms with van der Waals surface area (Å²) in [7, 11) is 0. The SMILES string of the molecule is Cc1cc(Cl)ccc1NC(=O)CSc1nc(=O)[nH]nc1C. The number of thioether (sulfide) groups is 1. The Kier molecular flexibility index (Phi) is 4.98. The van der Waals surface area contributed by atoms with Gasteiger partial charge >= 0.3 is 5.69 Å². The number of aromatic amines is 1. The molecule has 0 atom stereocenters. The Balaban J connectivity index is 1.99. The van der Waals surface area contributed by atoms with Crippen LogP contribution in [0, 0.1) is 13.8 Å². The number of carbonyl (C=O) groups excluding carboxylic acids is 1. The highest BCUT2D eigenvalue weighted by molar-refractivity contribution is 8.00. The number of nitrogens with zero attached hydrogens (tertiary/aromatic N) is 2. The molecule has 1 heterocycles. The van der Waals surface area contributed by atoms with Crippen molar-refractivity contribution in [2.75, 3.05) is 11.1 Å². The Morgan fingerprint density at radius 2 is 2.19 bits per heavy atom. The van der Waals surface area contributed by atoms with Gasteiger partial charge in [-0.3, -0.25) is 4.79 Å². The predicted molar refractivity (Wildman–Crippen MR) is 82.9 cm³/mol. The molecule has 6 nitrogen and oxygen atoms in total. The fourth-order valence-electron chi connectivity index (χ4n) is 1.60. The molecule has 0 radical (unpaired) electrons. The van der Waals surface area contributed by atoms with Gasteiger partial charge in [0.25, 0.3) is 0 Å². The number of aromatic nitrogens is 3. The van der Waals surface area contributed by atoms with E-state index in [9.17, 15) is 9.59 Å². The van der Waals surface area contributed by atoms with Gasteiger partial charge in [0.15, 0.2) is 0 Å². The number of amides is 1. The molecule has 0 aliphatic heterocycles. The molecule has 110 valence electrons. The average molecular weight is 325 g/mol. The van der Waals surface area contributed by atoms with Crippen molar-refractivity contribution in [1.29, 1.82) is 0 Å². The van der Waals surface area contributed by atoms with Gasteiger partial charge in [-0.15, -0.1) is 0 Å². The third-order valence-corrected chi connectivity index (χ3v) is 3.94. The van der Waals surface area contributed by atoms with Crippen molar-refractivity contribution in [3.8, 4) is 0 Å². The summed E-state index contributed by atoms with van der Waals surface area (Å²) in [5, 5.41) is 9.89. The highest BCUT2D eigenvalue weighted by Crippen LogP contribution is 2.21. The lowest BCUT2D eigenvalue weighted by molar-refractivity contribution is -0.113. The molecule has 2 aromatic rings. The molecule has 1 aromatic carbocycles. The van der Waals surface area contributed by atoms with Crippen LogP contribution >= 0.6 is 23.4 Å². The number of hydrogen-bond acceptors (Lipinski definition) is 5. The molecular weight excluding hydrogens is 312 g/mol. The van der Waals surface area contributed by atoms with E-state index in [1.165, 1.54) is 11.8 Å². The van der Waals surface area contributed by atoms with Crippen LogP contribution in [0.2, 0.25) is 5.02 Å². The van der Waals surface area contributed by atoms with Crippen molar-refractivity contribution in [3.05, 3.63) is 45.0 Å². The molecule has 0 saturated carbocycles. The van der Waals surface area contributed by atoms with Gasteiger partial charge in [0, 0.05) is 10.7 Å². The summed E-state index contributed by atoms with van der Waals surface area (Å²) in [6, 6.07) is 5.23. The number of H-pyrrole nitrogens is 1. The van der Waals surface area contributed by atoms with Crippen LogP contribution in [0.3, 0.4) is 0 Å². The predicted octanol–water partition coefficient (Wildman–Crippen LogP) is 2.17. The Morgan fingerprint density at radius 3 is 2.90 bits per heavy atom. The summed E-state index contributed by atoms with van der Waals surface area (Å²) >= 11 is 7.03. The minimum absolute atomic E-state index is 0.140. The van der Waals surface area contributed by atoms with Crippen LogP contribution < -0.4 is 11.0 Å². The fourth-order valence-corrected chi connectivity index (χ4v) is 2.57. The van der Waals surface area contributed by atoms with Crippen LogP contribution in [0.25, 0.3) is 0 Å². The zero-order valence-electron chi connectivity index (χ0n) is 11.4. The van der Waals surface area contributed by atoms with Crippen LogP contribution in [-0.4, -0.2) is 26.8 Å². The monoisotopic (exact) mass is 324 g/mol. The molecule has 2 N–H and O–H groups in total. The summed E-state index contributed by atoms with van der Waals surface area (Å²) in [5.74, 6) is -0.0481. The molecule has 2 rings (SSSR count). The summed E-state index contributed by atoms with van der Waals surface area (Å²) < 4.78 is 0. The summed E-state index contributed by atoms with van der Waals surface area (Å²) in [4.78, 5) is 26.8. The summed E-state index contributed by atoms with van der Waals surface area (Å²) in [5.41, 5.74) is 1.64. The normalized spacial score (nSPS) is 10.4. The van der Waals surface area contributed by atoms with Crippen molar-refractivity contribution in [2.24, 2.45) is 0 Å². The highest BCUT2D eigenvalue weighted by atomic mass is 35.5. The van der Waals surface area contributed by atoms with Crippen LogP contribution in [-0.2, 0) is 4.79 Å². The fraction of sp³-hybridized carbons (Fsp3) is 0.231. The van der Waals surface area contributed by atoms with Gasteiger partial charge in [-0.2, -0.15) is 10.1 Å². The number of carbonyl (C=O) groups is 1. The molecule has 1 amide bonds. The number of aryl methyl sites for hydroxylation is 2. The van der Waals surface area contributed by atoms with Gasteiger partial charge in [0.1, 0.15) is 5.03 Å². The molecule has 0 unspecified atom stereocenters. The summed E-state index contributed by atoms with van der Waals surface area (Å²) in [6.07, 6.45) is 0. The van der Waals surface area contributed by atoms with E-state index in [0.717, 1.165) is 5.56 Å². The second-order valence-electron chi connectivity index (χ2n) is 4.33. The van der Waals surface area contributed by atoms with E-state index < -0.39 is 5.69 Å². The van der Waals surface area contributed by atoms with E-state index in [1.54, 1.807) is 25.1 Å². The quantitative estimate of drug-likeness (QED) is 0.841. The Hall–Kier alpha value is -1.86. The van der Waals surface area contributed by atoms with Gasteiger partial charge in [-0.1, -0.05) is 23.4 Å².